The fourth-order valence-corrected chi connectivity index (χ4v) is 3.79. The Morgan fingerprint density at radius 2 is 1.77 bits per heavy atom. The molecule has 0 saturated carbocycles. The molecular formula is C17H20O4S. The molecule has 5 heteroatoms. The Hall–Kier alpha value is -2.01. The van der Waals surface area contributed by atoms with Crippen LogP contribution in [0.1, 0.15) is 24.5 Å². The summed E-state index contributed by atoms with van der Waals surface area (Å²) in [7, 11) is -3.61. The van der Waals surface area contributed by atoms with Crippen molar-refractivity contribution in [3.05, 3.63) is 47.5 Å². The Morgan fingerprint density at radius 3 is 2.36 bits per heavy atom. The van der Waals surface area contributed by atoms with E-state index in [-0.39, 0.29) is 15.5 Å². The van der Waals surface area contributed by atoms with Crippen molar-refractivity contribution in [1.82, 2.24) is 0 Å². The summed E-state index contributed by atoms with van der Waals surface area (Å²) in [5, 5.41) is 9.43. The van der Waals surface area contributed by atoms with Crippen LogP contribution in [0.25, 0.3) is 0 Å². The van der Waals surface area contributed by atoms with Gasteiger partial charge in [0.1, 0.15) is 11.5 Å². The molecule has 22 heavy (non-hydrogen) atoms. The van der Waals surface area contributed by atoms with Crippen molar-refractivity contribution >= 4 is 9.84 Å². The van der Waals surface area contributed by atoms with Gasteiger partial charge in [0.15, 0.2) is 0 Å². The molecule has 4 nitrogen and oxygen atoms in total. The van der Waals surface area contributed by atoms with E-state index in [0.717, 1.165) is 12.0 Å². The number of rotatable bonds is 5. The summed E-state index contributed by atoms with van der Waals surface area (Å²) in [5.41, 5.74) is 1.30. The molecule has 0 heterocycles. The number of aryl methyl sites for hydroxylation is 2. The molecule has 1 N–H and O–H groups in total. The summed E-state index contributed by atoms with van der Waals surface area (Å²) in [6.45, 7) is 6.11. The number of sulfone groups is 1. The standard InChI is InChI=1S/C17H20O4S/c1-4-9-21-16-7-6-15(11-12(16)2)22(19,20)17-8-5-14(18)10-13(17)3/h5-8,10-11,18H,4,9H2,1-3H3. The SMILES string of the molecule is CCCOc1ccc(S(=O)(=O)c2ccc(O)cc2C)cc1C. The summed E-state index contributed by atoms with van der Waals surface area (Å²) < 4.78 is 31.0. The summed E-state index contributed by atoms with van der Waals surface area (Å²) in [4.78, 5) is 0.426. The lowest BCUT2D eigenvalue weighted by Crippen LogP contribution is -2.05. The van der Waals surface area contributed by atoms with E-state index in [2.05, 4.69) is 0 Å². The quantitative estimate of drug-likeness (QED) is 0.913. The van der Waals surface area contributed by atoms with Crippen LogP contribution in [-0.2, 0) is 9.84 Å². The molecule has 0 unspecified atom stereocenters. The van der Waals surface area contributed by atoms with Gasteiger partial charge >= 0.3 is 0 Å². The van der Waals surface area contributed by atoms with Crippen LogP contribution in [0.15, 0.2) is 46.2 Å². The highest BCUT2D eigenvalue weighted by Crippen LogP contribution is 2.29. The number of phenolic OH excluding ortho intramolecular Hbond substituents is 1. The lowest BCUT2D eigenvalue weighted by atomic mass is 10.2. The molecule has 2 rings (SSSR count). The van der Waals surface area contributed by atoms with Crippen LogP contribution >= 0.6 is 0 Å². The van der Waals surface area contributed by atoms with Crippen LogP contribution in [0.5, 0.6) is 11.5 Å². The Bertz CT molecular complexity index is 779. The van der Waals surface area contributed by atoms with Crippen molar-refractivity contribution in [3.8, 4) is 11.5 Å². The molecule has 0 aliphatic heterocycles. The first-order chi connectivity index (χ1) is 10.4. The van der Waals surface area contributed by atoms with E-state index < -0.39 is 9.84 Å². The van der Waals surface area contributed by atoms with Gasteiger partial charge in [0, 0.05) is 0 Å². The van der Waals surface area contributed by atoms with Gasteiger partial charge < -0.3 is 9.84 Å². The third-order valence-corrected chi connectivity index (χ3v) is 5.28. The van der Waals surface area contributed by atoms with E-state index in [1.54, 1.807) is 25.1 Å². The van der Waals surface area contributed by atoms with Crippen molar-refractivity contribution < 1.29 is 18.3 Å². The topological polar surface area (TPSA) is 63.6 Å². The highest BCUT2D eigenvalue weighted by molar-refractivity contribution is 7.91. The van der Waals surface area contributed by atoms with Crippen LogP contribution in [0.2, 0.25) is 0 Å². The van der Waals surface area contributed by atoms with Crippen molar-refractivity contribution in [1.29, 1.82) is 0 Å². The molecule has 2 aromatic rings. The largest absolute Gasteiger partial charge is 0.508 e. The Labute approximate surface area is 131 Å². The van der Waals surface area contributed by atoms with E-state index in [9.17, 15) is 13.5 Å². The predicted molar refractivity (Wildman–Crippen MR) is 85.3 cm³/mol. The van der Waals surface area contributed by atoms with E-state index in [0.29, 0.717) is 17.9 Å². The van der Waals surface area contributed by atoms with Crippen molar-refractivity contribution in [2.75, 3.05) is 6.61 Å². The van der Waals surface area contributed by atoms with Crippen LogP contribution in [0.4, 0.5) is 0 Å². The predicted octanol–water partition coefficient (Wildman–Crippen LogP) is 3.63. The second kappa shape index (κ2) is 6.40. The van der Waals surface area contributed by atoms with Gasteiger partial charge in [0.2, 0.25) is 9.84 Å². The Balaban J connectivity index is 2.43. The second-order valence-corrected chi connectivity index (χ2v) is 7.15. The molecular weight excluding hydrogens is 300 g/mol. The lowest BCUT2D eigenvalue weighted by molar-refractivity contribution is 0.315. The van der Waals surface area contributed by atoms with Crippen molar-refractivity contribution in [2.45, 2.75) is 37.0 Å². The molecule has 0 bridgehead atoms. The Kier molecular flexibility index (Phi) is 4.76. The normalized spacial score (nSPS) is 11.4. The maximum Gasteiger partial charge on any atom is 0.206 e. The average Bonchev–Trinajstić information content (AvgIpc) is 2.45. The van der Waals surface area contributed by atoms with Gasteiger partial charge in [0.25, 0.3) is 0 Å². The van der Waals surface area contributed by atoms with Gasteiger partial charge in [-0.05, 0) is 67.8 Å². The fourth-order valence-electron chi connectivity index (χ4n) is 2.23. The van der Waals surface area contributed by atoms with E-state index in [1.807, 2.05) is 13.8 Å². The van der Waals surface area contributed by atoms with Crippen LogP contribution in [-0.4, -0.2) is 20.1 Å². The van der Waals surface area contributed by atoms with Crippen molar-refractivity contribution in [2.24, 2.45) is 0 Å². The maximum absolute atomic E-state index is 12.7. The first-order valence-electron chi connectivity index (χ1n) is 7.14. The summed E-state index contributed by atoms with van der Waals surface area (Å²) in [6, 6.07) is 9.11. The van der Waals surface area contributed by atoms with Crippen LogP contribution < -0.4 is 4.74 Å². The minimum absolute atomic E-state index is 0.0518. The molecule has 0 aromatic heterocycles. The third-order valence-electron chi connectivity index (χ3n) is 3.37. The fraction of sp³-hybridized carbons (Fsp3) is 0.294. The molecule has 0 aliphatic carbocycles. The number of hydrogen-bond acceptors (Lipinski definition) is 4. The van der Waals surface area contributed by atoms with Crippen molar-refractivity contribution in [3.63, 3.8) is 0 Å². The van der Waals surface area contributed by atoms with Gasteiger partial charge in [-0.15, -0.1) is 0 Å². The van der Waals surface area contributed by atoms with Gasteiger partial charge in [-0.25, -0.2) is 8.42 Å². The first kappa shape index (κ1) is 16.4. The first-order valence-corrected chi connectivity index (χ1v) is 8.62. The molecule has 118 valence electrons. The van der Waals surface area contributed by atoms with E-state index in [4.69, 9.17) is 4.74 Å². The molecule has 0 spiro atoms. The van der Waals surface area contributed by atoms with Crippen LogP contribution in [0, 0.1) is 13.8 Å². The molecule has 0 radical (unpaired) electrons. The van der Waals surface area contributed by atoms with E-state index in [1.165, 1.54) is 18.2 Å². The van der Waals surface area contributed by atoms with E-state index >= 15 is 0 Å². The highest BCUT2D eigenvalue weighted by atomic mass is 32.2. The third kappa shape index (κ3) is 3.25. The smallest absolute Gasteiger partial charge is 0.206 e. The molecule has 2 aromatic carbocycles. The number of phenols is 1. The molecule has 0 amide bonds. The zero-order valence-electron chi connectivity index (χ0n) is 13.0. The summed E-state index contributed by atoms with van der Waals surface area (Å²) in [5.74, 6) is 0.749. The minimum atomic E-state index is -3.61. The Morgan fingerprint density at radius 1 is 1.05 bits per heavy atom. The highest BCUT2D eigenvalue weighted by Gasteiger charge is 2.21. The number of ether oxygens (including phenoxy) is 1. The number of aromatic hydroxyl groups is 1. The number of benzene rings is 2. The lowest BCUT2D eigenvalue weighted by Gasteiger charge is -2.12. The molecule has 0 saturated heterocycles. The zero-order chi connectivity index (χ0) is 16.3. The van der Waals surface area contributed by atoms with Gasteiger partial charge in [-0.1, -0.05) is 6.92 Å². The second-order valence-electron chi connectivity index (χ2n) is 5.23. The molecule has 0 aliphatic rings. The monoisotopic (exact) mass is 320 g/mol. The van der Waals surface area contributed by atoms with Gasteiger partial charge in [-0.3, -0.25) is 0 Å². The minimum Gasteiger partial charge on any atom is -0.508 e. The summed E-state index contributed by atoms with van der Waals surface area (Å²) in [6.07, 6.45) is 0.895. The maximum atomic E-state index is 12.7. The average molecular weight is 320 g/mol. The van der Waals surface area contributed by atoms with Crippen LogP contribution in [0.3, 0.4) is 0 Å². The van der Waals surface area contributed by atoms with Gasteiger partial charge in [0.05, 0.1) is 16.4 Å². The molecule has 0 atom stereocenters. The summed E-state index contributed by atoms with van der Waals surface area (Å²) >= 11 is 0. The van der Waals surface area contributed by atoms with Gasteiger partial charge in [-0.2, -0.15) is 0 Å². The zero-order valence-corrected chi connectivity index (χ0v) is 13.8. The molecule has 0 fully saturated rings. The number of hydrogen-bond donors (Lipinski definition) is 1.